The van der Waals surface area contributed by atoms with E-state index in [9.17, 15) is 9.59 Å². The van der Waals surface area contributed by atoms with Gasteiger partial charge < -0.3 is 15.8 Å². The highest BCUT2D eigenvalue weighted by molar-refractivity contribution is 5.98. The number of methoxy groups -OCH3 is 1. The van der Waals surface area contributed by atoms with Gasteiger partial charge in [0.2, 0.25) is 5.91 Å². The first kappa shape index (κ1) is 20.8. The first-order chi connectivity index (χ1) is 14.5. The van der Waals surface area contributed by atoms with Gasteiger partial charge in [-0.2, -0.15) is 0 Å². The Labute approximate surface area is 175 Å². The van der Waals surface area contributed by atoms with E-state index in [2.05, 4.69) is 10.3 Å². The van der Waals surface area contributed by atoms with Crippen LogP contribution in [0, 0.1) is 0 Å². The summed E-state index contributed by atoms with van der Waals surface area (Å²) in [6.07, 6.45) is 5.00. The number of nitrogens with zero attached hydrogens (tertiary/aromatic N) is 1. The number of anilines is 1. The van der Waals surface area contributed by atoms with E-state index >= 15 is 0 Å². The molecule has 30 heavy (non-hydrogen) atoms. The molecule has 0 atom stereocenters. The zero-order valence-electron chi connectivity index (χ0n) is 16.7. The second-order valence-corrected chi connectivity index (χ2v) is 6.67. The largest absolute Gasteiger partial charge is 0.497 e. The normalized spacial score (nSPS) is 10.7. The zero-order chi connectivity index (χ0) is 21.3. The zero-order valence-corrected chi connectivity index (χ0v) is 16.7. The topological polar surface area (TPSA) is 94.3 Å². The molecule has 0 saturated heterocycles. The van der Waals surface area contributed by atoms with Crippen LogP contribution in [0.3, 0.4) is 0 Å². The lowest BCUT2D eigenvalue weighted by Crippen LogP contribution is -2.20. The number of ketones is 1. The molecule has 3 rings (SSSR count). The first-order valence-corrected chi connectivity index (χ1v) is 9.46. The standard InChI is InChI=1S/C24H23N3O3/c1-30-21-6-2-4-17(14-21)9-12-23(29)27-16-18-7-10-19(11-8-18)22(28)15-20-5-3-13-26-24(20)25/h2-14H,15-16H2,1H3,(H2,25,26)(H,27,29)/b12-9+. The maximum absolute atomic E-state index is 12.4. The molecule has 0 aliphatic carbocycles. The number of hydrogen-bond acceptors (Lipinski definition) is 5. The predicted octanol–water partition coefficient (Wildman–Crippen LogP) is 3.43. The molecule has 2 aromatic carbocycles. The smallest absolute Gasteiger partial charge is 0.244 e. The van der Waals surface area contributed by atoms with Crippen LogP contribution < -0.4 is 15.8 Å². The fourth-order valence-corrected chi connectivity index (χ4v) is 2.85. The predicted molar refractivity (Wildman–Crippen MR) is 117 cm³/mol. The van der Waals surface area contributed by atoms with Crippen LogP contribution in [0.4, 0.5) is 5.82 Å². The second kappa shape index (κ2) is 10.0. The molecule has 3 aromatic rings. The number of nitrogens with two attached hydrogens (primary N) is 1. The van der Waals surface area contributed by atoms with Gasteiger partial charge in [0.15, 0.2) is 5.78 Å². The molecular weight excluding hydrogens is 378 g/mol. The van der Waals surface area contributed by atoms with Crippen molar-refractivity contribution >= 4 is 23.6 Å². The molecule has 1 amide bonds. The van der Waals surface area contributed by atoms with Crippen LogP contribution in [0.1, 0.15) is 27.0 Å². The lowest BCUT2D eigenvalue weighted by Gasteiger charge is -2.06. The van der Waals surface area contributed by atoms with Crippen molar-refractivity contribution in [1.82, 2.24) is 10.3 Å². The highest BCUT2D eigenvalue weighted by Gasteiger charge is 2.10. The number of ether oxygens (including phenoxy) is 1. The van der Waals surface area contributed by atoms with Crippen LogP contribution in [0.2, 0.25) is 0 Å². The molecule has 0 unspecified atom stereocenters. The van der Waals surface area contributed by atoms with Crippen LogP contribution in [0.5, 0.6) is 5.75 Å². The molecule has 0 aliphatic heterocycles. The molecule has 152 valence electrons. The summed E-state index contributed by atoms with van der Waals surface area (Å²) < 4.78 is 5.16. The molecule has 0 spiro atoms. The molecule has 0 aliphatic rings. The second-order valence-electron chi connectivity index (χ2n) is 6.67. The number of nitrogens with one attached hydrogen (secondary N) is 1. The minimum Gasteiger partial charge on any atom is -0.497 e. The van der Waals surface area contributed by atoms with Gasteiger partial charge in [-0.15, -0.1) is 0 Å². The summed E-state index contributed by atoms with van der Waals surface area (Å²) in [5, 5.41) is 2.83. The summed E-state index contributed by atoms with van der Waals surface area (Å²) >= 11 is 0. The number of hydrogen-bond donors (Lipinski definition) is 2. The highest BCUT2D eigenvalue weighted by atomic mass is 16.5. The van der Waals surface area contributed by atoms with Crippen LogP contribution >= 0.6 is 0 Å². The Morgan fingerprint density at radius 3 is 2.63 bits per heavy atom. The van der Waals surface area contributed by atoms with Crippen molar-refractivity contribution in [2.24, 2.45) is 0 Å². The molecular formula is C24H23N3O3. The van der Waals surface area contributed by atoms with Crippen LogP contribution in [0.25, 0.3) is 6.08 Å². The number of benzene rings is 2. The van der Waals surface area contributed by atoms with Crippen molar-refractivity contribution in [3.8, 4) is 5.75 Å². The fourth-order valence-electron chi connectivity index (χ4n) is 2.85. The van der Waals surface area contributed by atoms with Gasteiger partial charge >= 0.3 is 0 Å². The van der Waals surface area contributed by atoms with Gasteiger partial charge in [0.05, 0.1) is 7.11 Å². The molecule has 0 bridgehead atoms. The summed E-state index contributed by atoms with van der Waals surface area (Å²) in [7, 11) is 1.60. The Balaban J connectivity index is 1.52. The highest BCUT2D eigenvalue weighted by Crippen LogP contribution is 2.14. The Kier molecular flexibility index (Phi) is 6.95. The lowest BCUT2D eigenvalue weighted by atomic mass is 10.0. The maximum atomic E-state index is 12.4. The summed E-state index contributed by atoms with van der Waals surface area (Å²) in [4.78, 5) is 28.5. The van der Waals surface area contributed by atoms with Crippen molar-refractivity contribution in [3.05, 3.63) is 95.2 Å². The van der Waals surface area contributed by atoms with E-state index in [0.717, 1.165) is 16.9 Å². The summed E-state index contributed by atoms with van der Waals surface area (Å²) in [5.41, 5.74) is 8.87. The van der Waals surface area contributed by atoms with Gasteiger partial charge in [-0.3, -0.25) is 9.59 Å². The number of carbonyl (C=O) groups excluding carboxylic acids is 2. The van der Waals surface area contributed by atoms with Crippen molar-refractivity contribution in [2.45, 2.75) is 13.0 Å². The van der Waals surface area contributed by atoms with E-state index in [-0.39, 0.29) is 18.1 Å². The molecule has 1 aromatic heterocycles. The first-order valence-electron chi connectivity index (χ1n) is 9.46. The van der Waals surface area contributed by atoms with Crippen LogP contribution in [-0.2, 0) is 17.8 Å². The average molecular weight is 401 g/mol. The van der Waals surface area contributed by atoms with Crippen molar-refractivity contribution in [2.75, 3.05) is 12.8 Å². The lowest BCUT2D eigenvalue weighted by molar-refractivity contribution is -0.116. The molecule has 0 saturated carbocycles. The van der Waals surface area contributed by atoms with E-state index in [1.807, 2.05) is 36.4 Å². The van der Waals surface area contributed by atoms with Gasteiger partial charge in [-0.1, -0.05) is 42.5 Å². The summed E-state index contributed by atoms with van der Waals surface area (Å²) in [6.45, 7) is 0.366. The van der Waals surface area contributed by atoms with E-state index in [4.69, 9.17) is 10.5 Å². The van der Waals surface area contributed by atoms with E-state index in [0.29, 0.717) is 23.5 Å². The quantitative estimate of drug-likeness (QED) is 0.445. The van der Waals surface area contributed by atoms with E-state index in [1.54, 1.807) is 43.6 Å². The number of rotatable bonds is 8. The molecule has 6 heteroatoms. The maximum Gasteiger partial charge on any atom is 0.244 e. The third-order valence-corrected chi connectivity index (χ3v) is 4.54. The van der Waals surface area contributed by atoms with Gasteiger partial charge in [0.25, 0.3) is 0 Å². The van der Waals surface area contributed by atoms with E-state index in [1.165, 1.54) is 6.08 Å². The van der Waals surface area contributed by atoms with Crippen molar-refractivity contribution in [1.29, 1.82) is 0 Å². The summed E-state index contributed by atoms with van der Waals surface area (Å²) in [5.74, 6) is 0.863. The Bertz CT molecular complexity index is 1060. The molecule has 1 heterocycles. The minimum atomic E-state index is -0.204. The molecule has 0 radical (unpaired) electrons. The number of amides is 1. The Hall–Kier alpha value is -3.93. The average Bonchev–Trinajstić information content (AvgIpc) is 2.78. The van der Waals surface area contributed by atoms with Crippen LogP contribution in [-0.4, -0.2) is 23.8 Å². The third-order valence-electron chi connectivity index (χ3n) is 4.54. The third kappa shape index (κ3) is 5.78. The summed E-state index contributed by atoms with van der Waals surface area (Å²) in [6, 6.07) is 18.2. The molecule has 0 fully saturated rings. The number of pyridine rings is 1. The molecule has 6 nitrogen and oxygen atoms in total. The number of carbonyl (C=O) groups is 2. The van der Waals surface area contributed by atoms with Gasteiger partial charge in [0, 0.05) is 36.4 Å². The van der Waals surface area contributed by atoms with Crippen molar-refractivity contribution in [3.63, 3.8) is 0 Å². The SMILES string of the molecule is COc1cccc(/C=C/C(=O)NCc2ccc(C(=O)Cc3cccnc3N)cc2)c1. The minimum absolute atomic E-state index is 0.0356. The Morgan fingerprint density at radius 2 is 1.90 bits per heavy atom. The monoisotopic (exact) mass is 401 g/mol. The van der Waals surface area contributed by atoms with Crippen molar-refractivity contribution < 1.29 is 14.3 Å². The fraction of sp³-hybridized carbons (Fsp3) is 0.125. The van der Waals surface area contributed by atoms with Gasteiger partial charge in [-0.25, -0.2) is 4.98 Å². The number of aromatic nitrogens is 1. The Morgan fingerprint density at radius 1 is 1.10 bits per heavy atom. The van der Waals surface area contributed by atoms with Crippen LogP contribution in [0.15, 0.2) is 72.9 Å². The molecule has 3 N–H and O–H groups in total. The number of Topliss-reactive ketones (excluding diaryl/α,β-unsaturated/α-hetero) is 1. The van der Waals surface area contributed by atoms with Gasteiger partial charge in [0.1, 0.15) is 11.6 Å². The number of nitrogen functional groups attached to an aromatic ring is 1. The van der Waals surface area contributed by atoms with Gasteiger partial charge in [-0.05, 0) is 35.4 Å². The van der Waals surface area contributed by atoms with E-state index < -0.39 is 0 Å².